The monoisotopic (exact) mass is 245 g/mol. The Morgan fingerprint density at radius 3 is 2.77 bits per heavy atom. The minimum absolute atomic E-state index is 0.107. The van der Waals surface area contributed by atoms with Gasteiger partial charge < -0.3 is 10.1 Å². The normalized spacial score (nSPS) is 10.2. The third kappa shape index (κ3) is 2.84. The predicted molar refractivity (Wildman–Crippen MR) is 55.0 cm³/mol. The lowest BCUT2D eigenvalue weighted by Crippen LogP contribution is -2.08. The lowest BCUT2D eigenvalue weighted by atomic mass is 10.5. The molecule has 1 aromatic heterocycles. The van der Waals surface area contributed by atoms with E-state index in [1.807, 2.05) is 13.8 Å². The zero-order valence-corrected chi connectivity index (χ0v) is 9.42. The topological polar surface area (TPSA) is 47.0 Å². The van der Waals surface area contributed by atoms with E-state index in [0.717, 1.165) is 4.47 Å². The van der Waals surface area contributed by atoms with Crippen LogP contribution in [-0.4, -0.2) is 23.1 Å². The van der Waals surface area contributed by atoms with E-state index < -0.39 is 0 Å². The number of nitrogens with zero attached hydrogens (tertiary/aromatic N) is 2. The highest BCUT2D eigenvalue weighted by Crippen LogP contribution is 2.23. The van der Waals surface area contributed by atoms with Crippen molar-refractivity contribution in [1.29, 1.82) is 0 Å². The fourth-order valence-corrected chi connectivity index (χ4v) is 1.06. The summed E-state index contributed by atoms with van der Waals surface area (Å²) in [5.41, 5.74) is 0. The van der Waals surface area contributed by atoms with Crippen LogP contribution in [-0.2, 0) is 0 Å². The molecule has 0 atom stereocenters. The lowest BCUT2D eigenvalue weighted by molar-refractivity contribution is 0.231. The summed E-state index contributed by atoms with van der Waals surface area (Å²) in [6.45, 7) is 3.90. The average Bonchev–Trinajstić information content (AvgIpc) is 2.08. The van der Waals surface area contributed by atoms with E-state index in [2.05, 4.69) is 31.2 Å². The van der Waals surface area contributed by atoms with Crippen LogP contribution in [0.3, 0.4) is 0 Å². The highest BCUT2D eigenvalue weighted by molar-refractivity contribution is 9.10. The molecule has 1 rings (SSSR count). The second-order valence-electron chi connectivity index (χ2n) is 2.76. The molecule has 0 saturated carbocycles. The Kier molecular flexibility index (Phi) is 3.48. The molecular weight excluding hydrogens is 234 g/mol. The first-order valence-electron chi connectivity index (χ1n) is 4.00. The predicted octanol–water partition coefficient (Wildman–Crippen LogP) is 2.07. The summed E-state index contributed by atoms with van der Waals surface area (Å²) in [5.74, 6) is 1.12. The first kappa shape index (κ1) is 10.2. The SMILES string of the molecule is CNc1ncc(Br)c(OC(C)C)n1. The molecule has 0 unspecified atom stereocenters. The first-order chi connectivity index (χ1) is 6.13. The van der Waals surface area contributed by atoms with E-state index in [4.69, 9.17) is 4.74 Å². The Labute approximate surface area is 85.9 Å². The van der Waals surface area contributed by atoms with E-state index in [1.54, 1.807) is 13.2 Å². The fraction of sp³-hybridized carbons (Fsp3) is 0.500. The molecule has 0 aliphatic rings. The van der Waals surface area contributed by atoms with Gasteiger partial charge in [0.05, 0.1) is 16.8 Å². The molecule has 0 aliphatic carbocycles. The molecule has 1 N–H and O–H groups in total. The van der Waals surface area contributed by atoms with Crippen molar-refractivity contribution >= 4 is 21.9 Å². The molecule has 5 heteroatoms. The standard InChI is InChI=1S/C8H12BrN3O/c1-5(2)13-7-6(9)4-11-8(10-3)12-7/h4-5H,1-3H3,(H,10,11,12). The maximum absolute atomic E-state index is 5.45. The van der Waals surface area contributed by atoms with Gasteiger partial charge in [0.25, 0.3) is 0 Å². The van der Waals surface area contributed by atoms with E-state index >= 15 is 0 Å². The summed E-state index contributed by atoms with van der Waals surface area (Å²) in [7, 11) is 1.77. The number of nitrogens with one attached hydrogen (secondary N) is 1. The van der Waals surface area contributed by atoms with Crippen LogP contribution in [0.2, 0.25) is 0 Å². The van der Waals surface area contributed by atoms with Gasteiger partial charge in [-0.1, -0.05) is 0 Å². The van der Waals surface area contributed by atoms with Gasteiger partial charge in [0.15, 0.2) is 0 Å². The smallest absolute Gasteiger partial charge is 0.233 e. The van der Waals surface area contributed by atoms with Gasteiger partial charge in [-0.15, -0.1) is 0 Å². The van der Waals surface area contributed by atoms with E-state index in [0.29, 0.717) is 11.8 Å². The summed E-state index contributed by atoms with van der Waals surface area (Å²) >= 11 is 3.31. The molecule has 1 aromatic rings. The minimum atomic E-state index is 0.107. The van der Waals surface area contributed by atoms with Crippen LogP contribution >= 0.6 is 15.9 Å². The maximum atomic E-state index is 5.45. The Hall–Kier alpha value is -0.840. The highest BCUT2D eigenvalue weighted by atomic mass is 79.9. The van der Waals surface area contributed by atoms with Gasteiger partial charge in [-0.2, -0.15) is 4.98 Å². The maximum Gasteiger partial charge on any atom is 0.233 e. The van der Waals surface area contributed by atoms with Crippen molar-refractivity contribution in [2.24, 2.45) is 0 Å². The Balaban J connectivity index is 2.90. The number of anilines is 1. The Bertz CT molecular complexity index is 291. The molecule has 72 valence electrons. The number of rotatable bonds is 3. The quantitative estimate of drug-likeness (QED) is 0.886. The van der Waals surface area contributed by atoms with Crippen molar-refractivity contribution < 1.29 is 4.74 Å². The second kappa shape index (κ2) is 4.41. The van der Waals surface area contributed by atoms with Gasteiger partial charge in [0, 0.05) is 7.05 Å². The van der Waals surface area contributed by atoms with Crippen molar-refractivity contribution in [3.63, 3.8) is 0 Å². The Morgan fingerprint density at radius 1 is 1.54 bits per heavy atom. The molecule has 0 bridgehead atoms. The molecular formula is C8H12BrN3O. The van der Waals surface area contributed by atoms with Crippen molar-refractivity contribution in [3.8, 4) is 5.88 Å². The zero-order chi connectivity index (χ0) is 9.84. The van der Waals surface area contributed by atoms with Gasteiger partial charge in [0.1, 0.15) is 0 Å². The van der Waals surface area contributed by atoms with Crippen LogP contribution in [0.25, 0.3) is 0 Å². The number of aromatic nitrogens is 2. The third-order valence-corrected chi connectivity index (χ3v) is 1.83. The van der Waals surface area contributed by atoms with Gasteiger partial charge in [-0.25, -0.2) is 4.98 Å². The van der Waals surface area contributed by atoms with Crippen LogP contribution in [0.1, 0.15) is 13.8 Å². The molecule has 0 spiro atoms. The van der Waals surface area contributed by atoms with Crippen molar-refractivity contribution in [3.05, 3.63) is 10.7 Å². The largest absolute Gasteiger partial charge is 0.474 e. The molecule has 13 heavy (non-hydrogen) atoms. The van der Waals surface area contributed by atoms with E-state index in [1.165, 1.54) is 0 Å². The van der Waals surface area contributed by atoms with E-state index in [-0.39, 0.29) is 6.10 Å². The summed E-state index contributed by atoms with van der Waals surface area (Å²) in [4.78, 5) is 8.16. The molecule has 0 aliphatic heterocycles. The van der Waals surface area contributed by atoms with E-state index in [9.17, 15) is 0 Å². The van der Waals surface area contributed by atoms with Crippen molar-refractivity contribution in [2.45, 2.75) is 20.0 Å². The molecule has 1 heterocycles. The molecule has 4 nitrogen and oxygen atoms in total. The van der Waals surface area contributed by atoms with Crippen LogP contribution in [0, 0.1) is 0 Å². The van der Waals surface area contributed by atoms with Gasteiger partial charge in [-0.3, -0.25) is 0 Å². The number of hydrogen-bond acceptors (Lipinski definition) is 4. The van der Waals surface area contributed by atoms with Crippen molar-refractivity contribution in [2.75, 3.05) is 12.4 Å². The van der Waals surface area contributed by atoms with Gasteiger partial charge in [0.2, 0.25) is 11.8 Å². The number of hydrogen-bond donors (Lipinski definition) is 1. The van der Waals surface area contributed by atoms with Crippen LogP contribution in [0.5, 0.6) is 5.88 Å². The molecule has 0 radical (unpaired) electrons. The second-order valence-corrected chi connectivity index (χ2v) is 3.62. The van der Waals surface area contributed by atoms with Gasteiger partial charge >= 0.3 is 0 Å². The van der Waals surface area contributed by atoms with Crippen LogP contribution in [0.4, 0.5) is 5.95 Å². The van der Waals surface area contributed by atoms with Crippen LogP contribution < -0.4 is 10.1 Å². The van der Waals surface area contributed by atoms with Gasteiger partial charge in [-0.05, 0) is 29.8 Å². The molecule has 0 saturated heterocycles. The summed E-state index contributed by atoms with van der Waals surface area (Å²) in [6, 6.07) is 0. The molecule has 0 amide bonds. The molecule has 0 fully saturated rings. The Morgan fingerprint density at radius 2 is 2.23 bits per heavy atom. The first-order valence-corrected chi connectivity index (χ1v) is 4.79. The summed E-state index contributed by atoms with van der Waals surface area (Å²) in [6.07, 6.45) is 1.77. The van der Waals surface area contributed by atoms with Crippen LogP contribution in [0.15, 0.2) is 10.7 Å². The summed E-state index contributed by atoms with van der Waals surface area (Å²) < 4.78 is 6.21. The van der Waals surface area contributed by atoms with Crippen molar-refractivity contribution in [1.82, 2.24) is 9.97 Å². The fourth-order valence-electron chi connectivity index (χ4n) is 0.778. The average molecular weight is 246 g/mol. The third-order valence-electron chi connectivity index (χ3n) is 1.28. The molecule has 0 aromatic carbocycles. The lowest BCUT2D eigenvalue weighted by Gasteiger charge is -2.10. The minimum Gasteiger partial charge on any atom is -0.474 e. The number of halogens is 1. The highest BCUT2D eigenvalue weighted by Gasteiger charge is 2.06. The zero-order valence-electron chi connectivity index (χ0n) is 7.84. The summed E-state index contributed by atoms with van der Waals surface area (Å²) in [5, 5.41) is 2.84. The number of ether oxygens (including phenoxy) is 1.